The topological polar surface area (TPSA) is 95.0 Å². The molecule has 0 saturated carbocycles. The molecule has 0 unspecified atom stereocenters. The zero-order chi connectivity index (χ0) is 16.5. The second kappa shape index (κ2) is 8.35. The SMILES string of the molecule is CCC(=O)N(C(=O)O)N(C[C]=O)C(=O)C=Cc1ccccc1. The van der Waals surface area contributed by atoms with E-state index < -0.39 is 24.5 Å². The molecule has 1 radical (unpaired) electrons. The molecule has 0 heterocycles. The van der Waals surface area contributed by atoms with Gasteiger partial charge in [0.05, 0.1) is 0 Å². The molecule has 0 aliphatic carbocycles. The number of benzene rings is 1. The number of hydrogen-bond acceptors (Lipinski definition) is 4. The number of rotatable bonds is 5. The van der Waals surface area contributed by atoms with Crippen molar-refractivity contribution in [3.63, 3.8) is 0 Å². The summed E-state index contributed by atoms with van der Waals surface area (Å²) in [5.74, 6) is -1.62. The Hall–Kier alpha value is -2.96. The van der Waals surface area contributed by atoms with Crippen LogP contribution in [0.3, 0.4) is 0 Å². The van der Waals surface area contributed by atoms with Crippen molar-refractivity contribution >= 4 is 30.3 Å². The molecule has 115 valence electrons. The Morgan fingerprint density at radius 1 is 1.23 bits per heavy atom. The molecule has 1 aromatic rings. The number of imide groups is 1. The molecule has 1 aromatic carbocycles. The lowest BCUT2D eigenvalue weighted by molar-refractivity contribution is -0.154. The monoisotopic (exact) mass is 303 g/mol. The molecule has 0 aliphatic heterocycles. The Morgan fingerprint density at radius 3 is 2.36 bits per heavy atom. The molecule has 7 heteroatoms. The van der Waals surface area contributed by atoms with Gasteiger partial charge in [0.2, 0.25) is 6.29 Å². The molecular formula is C15H15N2O5. The molecule has 0 aromatic heterocycles. The van der Waals surface area contributed by atoms with Crippen molar-refractivity contribution in [3.8, 4) is 0 Å². The molecule has 7 nitrogen and oxygen atoms in total. The highest BCUT2D eigenvalue weighted by atomic mass is 16.4. The summed E-state index contributed by atoms with van der Waals surface area (Å²) in [7, 11) is 0. The van der Waals surface area contributed by atoms with E-state index in [1.165, 1.54) is 19.3 Å². The molecule has 3 amide bonds. The van der Waals surface area contributed by atoms with Crippen LogP contribution in [0.4, 0.5) is 4.79 Å². The number of hydrazine groups is 1. The summed E-state index contributed by atoms with van der Waals surface area (Å²) >= 11 is 0. The Balaban J connectivity index is 3.00. The number of carboxylic acid groups (broad SMARTS) is 1. The summed E-state index contributed by atoms with van der Waals surface area (Å²) in [5, 5.41) is 9.82. The predicted octanol–water partition coefficient (Wildman–Crippen LogP) is 1.47. The summed E-state index contributed by atoms with van der Waals surface area (Å²) in [4.78, 5) is 45.4. The first-order valence-electron chi connectivity index (χ1n) is 6.46. The third kappa shape index (κ3) is 4.55. The van der Waals surface area contributed by atoms with Gasteiger partial charge in [-0.3, -0.25) is 14.4 Å². The summed E-state index contributed by atoms with van der Waals surface area (Å²) in [6.45, 7) is 0.793. The number of hydrogen-bond donors (Lipinski definition) is 1. The first-order chi connectivity index (χ1) is 10.5. The summed E-state index contributed by atoms with van der Waals surface area (Å²) in [6.07, 6.45) is 2.21. The van der Waals surface area contributed by atoms with E-state index in [0.717, 1.165) is 11.6 Å². The summed E-state index contributed by atoms with van der Waals surface area (Å²) in [6, 6.07) is 8.83. The van der Waals surface area contributed by atoms with Crippen LogP contribution >= 0.6 is 0 Å². The van der Waals surface area contributed by atoms with E-state index in [2.05, 4.69) is 0 Å². The molecule has 0 bridgehead atoms. The van der Waals surface area contributed by atoms with Crippen molar-refractivity contribution in [1.29, 1.82) is 0 Å². The number of nitrogens with zero attached hydrogens (tertiary/aromatic N) is 2. The molecule has 0 saturated heterocycles. The van der Waals surface area contributed by atoms with E-state index in [-0.39, 0.29) is 11.4 Å². The number of amides is 3. The van der Waals surface area contributed by atoms with Gasteiger partial charge in [-0.05, 0) is 11.6 Å². The molecule has 0 atom stereocenters. The van der Waals surface area contributed by atoms with Crippen LogP contribution in [0, 0.1) is 0 Å². The maximum Gasteiger partial charge on any atom is 0.433 e. The van der Waals surface area contributed by atoms with E-state index in [4.69, 9.17) is 5.11 Å². The van der Waals surface area contributed by atoms with E-state index in [1.807, 2.05) is 0 Å². The van der Waals surface area contributed by atoms with Gasteiger partial charge in [0.15, 0.2) is 0 Å². The second-order valence-electron chi connectivity index (χ2n) is 4.13. The van der Waals surface area contributed by atoms with Gasteiger partial charge in [0, 0.05) is 12.5 Å². The fourth-order valence-electron chi connectivity index (χ4n) is 1.62. The van der Waals surface area contributed by atoms with Crippen molar-refractivity contribution in [2.75, 3.05) is 6.54 Å². The fourth-order valence-corrected chi connectivity index (χ4v) is 1.62. The van der Waals surface area contributed by atoms with Gasteiger partial charge >= 0.3 is 6.09 Å². The zero-order valence-corrected chi connectivity index (χ0v) is 11.9. The van der Waals surface area contributed by atoms with Gasteiger partial charge in [-0.25, -0.2) is 9.80 Å². The van der Waals surface area contributed by atoms with Crippen LogP contribution in [0.2, 0.25) is 0 Å². The van der Waals surface area contributed by atoms with Crippen LogP contribution in [-0.2, 0) is 14.4 Å². The number of carbonyl (C=O) groups excluding carboxylic acids is 3. The Bertz CT molecular complexity index is 583. The van der Waals surface area contributed by atoms with E-state index in [1.54, 1.807) is 30.3 Å². The van der Waals surface area contributed by atoms with Crippen molar-refractivity contribution in [3.05, 3.63) is 42.0 Å². The smallest absolute Gasteiger partial charge is 0.433 e. The Morgan fingerprint density at radius 2 is 1.86 bits per heavy atom. The lowest BCUT2D eigenvalue weighted by Crippen LogP contribution is -2.52. The average molecular weight is 303 g/mol. The van der Waals surface area contributed by atoms with Crippen LogP contribution in [0.5, 0.6) is 0 Å². The van der Waals surface area contributed by atoms with Crippen LogP contribution < -0.4 is 0 Å². The highest BCUT2D eigenvalue weighted by Crippen LogP contribution is 2.06. The highest BCUT2D eigenvalue weighted by Gasteiger charge is 2.29. The molecule has 0 fully saturated rings. The van der Waals surface area contributed by atoms with Crippen molar-refractivity contribution in [2.24, 2.45) is 0 Å². The maximum atomic E-state index is 12.1. The highest BCUT2D eigenvalue weighted by molar-refractivity contribution is 5.98. The van der Waals surface area contributed by atoms with Crippen LogP contribution in [0.15, 0.2) is 36.4 Å². The summed E-state index contributed by atoms with van der Waals surface area (Å²) < 4.78 is 0. The first kappa shape index (κ1) is 17.1. The fraction of sp³-hybridized carbons (Fsp3) is 0.200. The van der Waals surface area contributed by atoms with E-state index in [9.17, 15) is 19.2 Å². The van der Waals surface area contributed by atoms with Crippen LogP contribution in [0.25, 0.3) is 6.08 Å². The molecule has 0 aliphatic rings. The van der Waals surface area contributed by atoms with Crippen molar-refractivity contribution in [2.45, 2.75) is 13.3 Å². The first-order valence-corrected chi connectivity index (χ1v) is 6.46. The van der Waals surface area contributed by atoms with Gasteiger partial charge in [-0.1, -0.05) is 37.3 Å². The standard InChI is InChI=1S/C15H15N2O5/c1-2-13(19)17(15(21)22)16(10-11-18)14(20)9-8-12-6-4-3-5-7-12/h3-9H,2,10H2,1H3,(H,21,22). The maximum absolute atomic E-state index is 12.1. The Labute approximate surface area is 127 Å². The van der Waals surface area contributed by atoms with Gasteiger partial charge < -0.3 is 5.11 Å². The van der Waals surface area contributed by atoms with Crippen molar-refractivity contribution < 1.29 is 24.3 Å². The summed E-state index contributed by atoms with van der Waals surface area (Å²) in [5.41, 5.74) is 0.717. The molecule has 22 heavy (non-hydrogen) atoms. The minimum atomic E-state index is -1.64. The van der Waals surface area contributed by atoms with Crippen LogP contribution in [-0.4, -0.2) is 45.9 Å². The molecule has 0 spiro atoms. The normalized spacial score (nSPS) is 10.2. The Kier molecular flexibility index (Phi) is 6.49. The molecule has 1 N–H and O–H groups in total. The van der Waals surface area contributed by atoms with Gasteiger partial charge in [-0.2, -0.15) is 0 Å². The van der Waals surface area contributed by atoms with Crippen LogP contribution in [0.1, 0.15) is 18.9 Å². The second-order valence-corrected chi connectivity index (χ2v) is 4.13. The van der Waals surface area contributed by atoms with Gasteiger partial charge in [-0.15, -0.1) is 5.01 Å². The zero-order valence-electron chi connectivity index (χ0n) is 11.9. The minimum absolute atomic E-state index is 0.128. The quantitative estimate of drug-likeness (QED) is 0.656. The minimum Gasteiger partial charge on any atom is -0.463 e. The van der Waals surface area contributed by atoms with E-state index >= 15 is 0 Å². The van der Waals surface area contributed by atoms with Crippen molar-refractivity contribution in [1.82, 2.24) is 10.0 Å². The van der Waals surface area contributed by atoms with Gasteiger partial charge in [0.25, 0.3) is 11.8 Å². The lowest BCUT2D eigenvalue weighted by Gasteiger charge is -2.28. The predicted molar refractivity (Wildman–Crippen MR) is 78.0 cm³/mol. The molecule has 1 rings (SSSR count). The van der Waals surface area contributed by atoms with E-state index in [0.29, 0.717) is 5.01 Å². The lowest BCUT2D eigenvalue weighted by atomic mass is 10.2. The third-order valence-electron chi connectivity index (χ3n) is 2.65. The average Bonchev–Trinajstić information content (AvgIpc) is 2.52. The number of carbonyl (C=O) groups is 3. The largest absolute Gasteiger partial charge is 0.463 e. The molecular weight excluding hydrogens is 288 g/mol. The third-order valence-corrected chi connectivity index (χ3v) is 2.65. The van der Waals surface area contributed by atoms with Gasteiger partial charge in [0.1, 0.15) is 6.54 Å².